The van der Waals surface area contributed by atoms with Crippen molar-refractivity contribution in [3.63, 3.8) is 0 Å². The van der Waals surface area contributed by atoms with E-state index in [1.807, 2.05) is 30.3 Å². The number of carboxylic acids is 1. The van der Waals surface area contributed by atoms with Crippen LogP contribution in [-0.4, -0.2) is 110 Å². The second-order valence-electron chi connectivity index (χ2n) is 11.9. The smallest absolute Gasteiger partial charge is 0.326 e. The molecule has 11 N–H and O–H groups in total. The van der Waals surface area contributed by atoms with Crippen molar-refractivity contribution >= 4 is 41.4 Å². The van der Waals surface area contributed by atoms with E-state index in [9.17, 15) is 38.7 Å². The second-order valence-corrected chi connectivity index (χ2v) is 11.9. The fourth-order valence-electron chi connectivity index (χ4n) is 4.72. The van der Waals surface area contributed by atoms with Crippen molar-refractivity contribution in [2.24, 2.45) is 11.7 Å². The monoisotopic (exact) mass is 709 g/mol. The molecule has 1 aromatic carbocycles. The minimum Gasteiger partial charge on any atom is -0.480 e. The van der Waals surface area contributed by atoms with Gasteiger partial charge in [0.25, 0.3) is 0 Å². The Kier molecular flexibility index (Phi) is 15.3. The number of carbonyl (C=O) groups excluding carboxylic acids is 6. The molecule has 274 valence electrons. The van der Waals surface area contributed by atoms with Crippen LogP contribution in [0.3, 0.4) is 0 Å². The molecule has 0 unspecified atom stereocenters. The van der Waals surface area contributed by atoms with Gasteiger partial charge >= 0.3 is 5.97 Å². The van der Waals surface area contributed by atoms with Gasteiger partial charge in [-0.1, -0.05) is 44.2 Å². The summed E-state index contributed by atoms with van der Waals surface area (Å²) in [6.07, 6.45) is 5.81. The predicted octanol–water partition coefficient (Wildman–Crippen LogP) is -2.97. The molecule has 4 atom stereocenters. The number of H-pyrrole nitrogens is 2. The number of amides is 6. The summed E-state index contributed by atoms with van der Waals surface area (Å²) in [4.78, 5) is 101. The van der Waals surface area contributed by atoms with Crippen molar-refractivity contribution in [2.75, 3.05) is 19.6 Å². The molecule has 0 radical (unpaired) electrons. The molecule has 0 aliphatic rings. The number of benzene rings is 1. The Morgan fingerprint density at radius 2 is 1.14 bits per heavy atom. The summed E-state index contributed by atoms with van der Waals surface area (Å²) in [5, 5.41) is 23.9. The van der Waals surface area contributed by atoms with Gasteiger partial charge in [0.1, 0.15) is 18.1 Å². The van der Waals surface area contributed by atoms with E-state index in [0.29, 0.717) is 11.4 Å². The Balaban J connectivity index is 1.56. The number of nitrogens with zero attached hydrogens (tertiary/aromatic N) is 2. The molecule has 0 aliphatic carbocycles. The van der Waals surface area contributed by atoms with Crippen LogP contribution >= 0.6 is 0 Å². The van der Waals surface area contributed by atoms with Crippen LogP contribution < -0.4 is 37.6 Å². The summed E-state index contributed by atoms with van der Waals surface area (Å²) in [6, 6.07) is 4.62. The van der Waals surface area contributed by atoms with Gasteiger partial charge in [0, 0.05) is 36.6 Å². The average Bonchev–Trinajstić information content (AvgIpc) is 3.82. The number of imidazole rings is 2. The zero-order valence-electron chi connectivity index (χ0n) is 28.1. The highest BCUT2D eigenvalue weighted by Crippen LogP contribution is 2.04. The summed E-state index contributed by atoms with van der Waals surface area (Å²) < 4.78 is 0. The maximum absolute atomic E-state index is 13.2. The topological polar surface area (TPSA) is 295 Å². The number of aromatic nitrogens is 4. The second kappa shape index (κ2) is 19.8. The van der Waals surface area contributed by atoms with E-state index in [4.69, 9.17) is 5.73 Å². The van der Waals surface area contributed by atoms with Crippen molar-refractivity contribution in [2.45, 2.75) is 57.3 Å². The molecule has 3 rings (SSSR count). The summed E-state index contributed by atoms with van der Waals surface area (Å²) in [6.45, 7) is 1.61. The first-order valence-corrected chi connectivity index (χ1v) is 16.0. The van der Waals surface area contributed by atoms with Crippen LogP contribution in [0.4, 0.5) is 0 Å². The van der Waals surface area contributed by atoms with Crippen molar-refractivity contribution < 1.29 is 38.7 Å². The van der Waals surface area contributed by atoms with Gasteiger partial charge in [0.15, 0.2) is 0 Å². The standard InChI is InChI=1S/C32H43N11O8/c1-18(2)28(32(50)51)43-27(46)15-38-31(49)24(10-21-12-35-17-40-21)42-26(45)14-37-30(48)23(9-20-11-34-16-39-20)41-25(44)13-36-29(47)22(33)8-19-6-4-3-5-7-19/h3-7,11-12,16-18,22-24,28H,8-10,13-15,33H2,1-2H3,(H,34,39)(H,35,40)(H,36,47)(H,37,48)(H,38,49)(H,41,44)(H,42,45)(H,43,46)(H,50,51)/t22-,23-,24-,28-/m0/s1. The zero-order chi connectivity index (χ0) is 37.3. The minimum absolute atomic E-state index is 0.0346. The van der Waals surface area contributed by atoms with Crippen LogP contribution in [-0.2, 0) is 52.8 Å². The van der Waals surface area contributed by atoms with E-state index in [1.165, 1.54) is 25.0 Å². The van der Waals surface area contributed by atoms with Crippen LogP contribution in [0.25, 0.3) is 0 Å². The number of carbonyl (C=O) groups is 7. The number of nitrogens with one attached hydrogen (secondary N) is 8. The molecule has 51 heavy (non-hydrogen) atoms. The van der Waals surface area contributed by atoms with Gasteiger partial charge in [-0.3, -0.25) is 28.8 Å². The van der Waals surface area contributed by atoms with Crippen LogP contribution in [0.15, 0.2) is 55.4 Å². The van der Waals surface area contributed by atoms with Crippen LogP contribution in [0, 0.1) is 5.92 Å². The lowest BCUT2D eigenvalue weighted by atomic mass is 10.0. The first-order chi connectivity index (χ1) is 24.3. The molecule has 0 bridgehead atoms. The van der Waals surface area contributed by atoms with Crippen LogP contribution in [0.1, 0.15) is 30.8 Å². The maximum Gasteiger partial charge on any atom is 0.326 e. The molecule has 19 heteroatoms. The van der Waals surface area contributed by atoms with Gasteiger partial charge < -0.3 is 52.7 Å². The highest BCUT2D eigenvalue weighted by molar-refractivity contribution is 5.95. The van der Waals surface area contributed by atoms with E-state index < -0.39 is 91.1 Å². The SMILES string of the molecule is CC(C)[C@H](NC(=O)CNC(=O)[C@H](Cc1cnc[nH]1)NC(=O)CNC(=O)[C@H](Cc1cnc[nH]1)NC(=O)CNC(=O)[C@@H](N)Cc1ccccc1)C(=O)O. The minimum atomic E-state index is -1.23. The summed E-state index contributed by atoms with van der Waals surface area (Å²) in [5.41, 5.74) is 7.80. The molecule has 0 aliphatic heterocycles. The molecule has 0 spiro atoms. The van der Waals surface area contributed by atoms with Crippen LogP contribution in [0.5, 0.6) is 0 Å². The van der Waals surface area contributed by atoms with Gasteiger partial charge in [-0.2, -0.15) is 0 Å². The molecular formula is C32H43N11O8. The first kappa shape index (κ1) is 39.3. The maximum atomic E-state index is 13.2. The van der Waals surface area contributed by atoms with Crippen molar-refractivity contribution in [1.82, 2.24) is 51.8 Å². The fraction of sp³-hybridized carbons (Fsp3) is 0.406. The molecule has 19 nitrogen and oxygen atoms in total. The molecule has 3 aromatic rings. The quantitative estimate of drug-likeness (QED) is 0.0565. The lowest BCUT2D eigenvalue weighted by Gasteiger charge is -2.21. The third-order valence-corrected chi connectivity index (χ3v) is 7.42. The summed E-state index contributed by atoms with van der Waals surface area (Å²) >= 11 is 0. The van der Waals surface area contributed by atoms with Crippen molar-refractivity contribution in [3.8, 4) is 0 Å². The lowest BCUT2D eigenvalue weighted by molar-refractivity contribution is -0.143. The summed E-state index contributed by atoms with van der Waals surface area (Å²) in [7, 11) is 0. The molecule has 0 saturated carbocycles. The first-order valence-electron chi connectivity index (χ1n) is 16.0. The third-order valence-electron chi connectivity index (χ3n) is 7.42. The van der Waals surface area contributed by atoms with Gasteiger partial charge in [-0.15, -0.1) is 0 Å². The molecule has 2 aromatic heterocycles. The van der Waals surface area contributed by atoms with E-state index in [-0.39, 0.29) is 19.3 Å². The molecule has 6 amide bonds. The van der Waals surface area contributed by atoms with E-state index >= 15 is 0 Å². The number of aliphatic carboxylic acids is 1. The number of hydrogen-bond acceptors (Lipinski definition) is 10. The number of hydrogen-bond donors (Lipinski definition) is 10. The molecule has 0 fully saturated rings. The summed E-state index contributed by atoms with van der Waals surface area (Å²) in [5.74, 6) is -5.92. The number of carboxylic acid groups (broad SMARTS) is 1. The largest absolute Gasteiger partial charge is 0.480 e. The molecule has 2 heterocycles. The highest BCUT2D eigenvalue weighted by atomic mass is 16.4. The van der Waals surface area contributed by atoms with E-state index in [1.54, 1.807) is 13.8 Å². The Labute approximate surface area is 292 Å². The van der Waals surface area contributed by atoms with Crippen molar-refractivity contribution in [3.05, 3.63) is 72.3 Å². The van der Waals surface area contributed by atoms with Gasteiger partial charge in [-0.25, -0.2) is 14.8 Å². The van der Waals surface area contributed by atoms with Gasteiger partial charge in [0.2, 0.25) is 35.4 Å². The number of rotatable bonds is 20. The molecule has 0 saturated heterocycles. The third kappa shape index (κ3) is 13.7. The highest BCUT2D eigenvalue weighted by Gasteiger charge is 2.27. The fourth-order valence-corrected chi connectivity index (χ4v) is 4.72. The van der Waals surface area contributed by atoms with Crippen molar-refractivity contribution in [1.29, 1.82) is 0 Å². The van der Waals surface area contributed by atoms with Crippen LogP contribution in [0.2, 0.25) is 0 Å². The number of aromatic amines is 2. The average molecular weight is 710 g/mol. The Hall–Kier alpha value is -6.11. The van der Waals surface area contributed by atoms with Gasteiger partial charge in [0.05, 0.1) is 38.3 Å². The zero-order valence-corrected chi connectivity index (χ0v) is 28.1. The van der Waals surface area contributed by atoms with E-state index in [0.717, 1.165) is 5.56 Å². The normalized spacial score (nSPS) is 13.2. The molecular weight excluding hydrogens is 666 g/mol. The Morgan fingerprint density at radius 1 is 0.686 bits per heavy atom. The predicted molar refractivity (Wildman–Crippen MR) is 180 cm³/mol. The van der Waals surface area contributed by atoms with E-state index in [2.05, 4.69) is 51.8 Å². The number of nitrogens with two attached hydrogens (primary N) is 1. The Morgan fingerprint density at radius 3 is 1.55 bits per heavy atom. The Bertz CT molecular complexity index is 1610. The van der Waals surface area contributed by atoms with Gasteiger partial charge in [-0.05, 0) is 17.9 Å². The lowest BCUT2D eigenvalue weighted by Crippen LogP contribution is -2.55.